The SMILES string of the molecule is C[C@H](c1nc2ccccc2s1)N(C)C(=O)c1ccc(NC(=O)CSc2nccn2C)cc1. The van der Waals surface area contributed by atoms with E-state index in [-0.39, 0.29) is 23.6 Å². The molecule has 2 amide bonds. The first-order chi connectivity index (χ1) is 15.4. The number of hydrogen-bond acceptors (Lipinski definition) is 6. The summed E-state index contributed by atoms with van der Waals surface area (Å²) in [7, 11) is 3.67. The maximum Gasteiger partial charge on any atom is 0.254 e. The summed E-state index contributed by atoms with van der Waals surface area (Å²) in [4.78, 5) is 35.7. The van der Waals surface area contributed by atoms with Crippen molar-refractivity contribution < 1.29 is 9.59 Å². The summed E-state index contributed by atoms with van der Waals surface area (Å²) in [5, 5.41) is 4.54. The second-order valence-corrected chi connectivity index (χ2v) is 9.35. The van der Waals surface area contributed by atoms with Crippen LogP contribution in [0.15, 0.2) is 66.1 Å². The number of thioether (sulfide) groups is 1. The second-order valence-electron chi connectivity index (χ2n) is 7.35. The molecule has 0 bridgehead atoms. The molecular formula is C23H23N5O2S2. The number of amides is 2. The molecule has 0 unspecified atom stereocenters. The molecule has 32 heavy (non-hydrogen) atoms. The monoisotopic (exact) mass is 465 g/mol. The summed E-state index contributed by atoms with van der Waals surface area (Å²) in [6, 6.07) is 14.8. The Bertz CT molecular complexity index is 1220. The first-order valence-corrected chi connectivity index (χ1v) is 11.9. The summed E-state index contributed by atoms with van der Waals surface area (Å²) >= 11 is 2.97. The molecule has 4 rings (SSSR count). The number of carbonyl (C=O) groups excluding carboxylic acids is 2. The molecule has 0 saturated heterocycles. The van der Waals surface area contributed by atoms with E-state index in [1.807, 2.05) is 49.0 Å². The van der Waals surface area contributed by atoms with Gasteiger partial charge in [-0.1, -0.05) is 23.9 Å². The topological polar surface area (TPSA) is 80.1 Å². The minimum absolute atomic E-state index is 0.0972. The number of nitrogens with one attached hydrogen (secondary N) is 1. The number of thiazole rings is 1. The fourth-order valence-corrected chi connectivity index (χ4v) is 4.92. The smallest absolute Gasteiger partial charge is 0.254 e. The number of hydrogen-bond donors (Lipinski definition) is 1. The van der Waals surface area contributed by atoms with Crippen molar-refractivity contribution in [1.82, 2.24) is 19.4 Å². The zero-order valence-electron chi connectivity index (χ0n) is 18.0. The van der Waals surface area contributed by atoms with Gasteiger partial charge >= 0.3 is 0 Å². The van der Waals surface area contributed by atoms with Crippen LogP contribution in [0.3, 0.4) is 0 Å². The standard InChI is InChI=1S/C23H23N5O2S2/c1-15(21-26-18-6-4-5-7-19(18)32-21)28(3)22(30)16-8-10-17(11-9-16)25-20(29)14-31-23-24-12-13-27(23)2/h4-13,15H,14H2,1-3H3,(H,25,29)/t15-/m1/s1. The maximum absolute atomic E-state index is 13.0. The van der Waals surface area contributed by atoms with E-state index in [0.29, 0.717) is 11.3 Å². The molecule has 0 aliphatic heterocycles. The van der Waals surface area contributed by atoms with Gasteiger partial charge in [0.25, 0.3) is 5.91 Å². The molecule has 0 aliphatic carbocycles. The van der Waals surface area contributed by atoms with Gasteiger partial charge in [-0.3, -0.25) is 9.59 Å². The Morgan fingerprint density at radius 2 is 1.94 bits per heavy atom. The lowest BCUT2D eigenvalue weighted by atomic mass is 10.1. The van der Waals surface area contributed by atoms with Gasteiger partial charge in [0, 0.05) is 37.7 Å². The predicted octanol–water partition coefficient (Wildman–Crippen LogP) is 4.59. The molecule has 0 radical (unpaired) electrons. The van der Waals surface area contributed by atoms with Crippen LogP contribution in [0, 0.1) is 0 Å². The average Bonchev–Trinajstić information content (AvgIpc) is 3.42. The third-order valence-corrected chi connectivity index (χ3v) is 7.36. The molecule has 164 valence electrons. The van der Waals surface area contributed by atoms with E-state index in [0.717, 1.165) is 20.4 Å². The Morgan fingerprint density at radius 3 is 2.62 bits per heavy atom. The third-order valence-electron chi connectivity index (χ3n) is 5.09. The summed E-state index contributed by atoms with van der Waals surface area (Å²) in [5.74, 6) is 0.0344. The Labute approximate surface area is 194 Å². The lowest BCUT2D eigenvalue weighted by Crippen LogP contribution is -2.29. The van der Waals surface area contributed by atoms with Crippen molar-refractivity contribution in [3.8, 4) is 0 Å². The van der Waals surface area contributed by atoms with E-state index in [1.54, 1.807) is 53.7 Å². The highest BCUT2D eigenvalue weighted by molar-refractivity contribution is 7.99. The van der Waals surface area contributed by atoms with Crippen molar-refractivity contribution in [3.63, 3.8) is 0 Å². The molecular weight excluding hydrogens is 442 g/mol. The zero-order valence-corrected chi connectivity index (χ0v) is 19.6. The van der Waals surface area contributed by atoms with Gasteiger partial charge in [-0.15, -0.1) is 11.3 Å². The van der Waals surface area contributed by atoms with Crippen LogP contribution in [0.1, 0.15) is 28.3 Å². The van der Waals surface area contributed by atoms with Crippen molar-refractivity contribution in [3.05, 3.63) is 71.5 Å². The van der Waals surface area contributed by atoms with Gasteiger partial charge in [-0.25, -0.2) is 9.97 Å². The molecule has 4 aromatic rings. The molecule has 0 aliphatic rings. The highest BCUT2D eigenvalue weighted by Gasteiger charge is 2.22. The van der Waals surface area contributed by atoms with Gasteiger partial charge in [0.05, 0.1) is 22.0 Å². The number of fused-ring (bicyclic) bond motifs is 1. The molecule has 1 atom stereocenters. The van der Waals surface area contributed by atoms with Gasteiger partial charge in [0.1, 0.15) is 5.01 Å². The van der Waals surface area contributed by atoms with E-state index in [1.165, 1.54) is 11.8 Å². The van der Waals surface area contributed by atoms with Crippen LogP contribution in [0.4, 0.5) is 5.69 Å². The normalized spacial score (nSPS) is 12.0. The largest absolute Gasteiger partial charge is 0.333 e. The third kappa shape index (κ3) is 4.84. The van der Waals surface area contributed by atoms with E-state index >= 15 is 0 Å². The van der Waals surface area contributed by atoms with Crippen LogP contribution in [-0.2, 0) is 11.8 Å². The average molecular weight is 466 g/mol. The van der Waals surface area contributed by atoms with E-state index in [9.17, 15) is 9.59 Å². The molecule has 2 heterocycles. The van der Waals surface area contributed by atoms with Gasteiger partial charge in [-0.2, -0.15) is 0 Å². The van der Waals surface area contributed by atoms with Crippen LogP contribution in [0.25, 0.3) is 10.2 Å². The Hall–Kier alpha value is -3.17. The molecule has 7 nitrogen and oxygen atoms in total. The van der Waals surface area contributed by atoms with Crippen molar-refractivity contribution >= 4 is 50.8 Å². The highest BCUT2D eigenvalue weighted by atomic mass is 32.2. The molecule has 9 heteroatoms. The first kappa shape index (κ1) is 22.0. The molecule has 0 spiro atoms. The summed E-state index contributed by atoms with van der Waals surface area (Å²) in [5.41, 5.74) is 2.15. The Morgan fingerprint density at radius 1 is 1.19 bits per heavy atom. The zero-order chi connectivity index (χ0) is 22.7. The van der Waals surface area contributed by atoms with Gasteiger partial charge < -0.3 is 14.8 Å². The predicted molar refractivity (Wildman–Crippen MR) is 129 cm³/mol. The number of aryl methyl sites for hydroxylation is 1. The number of nitrogens with zero attached hydrogens (tertiary/aromatic N) is 4. The fourth-order valence-electron chi connectivity index (χ4n) is 3.13. The van der Waals surface area contributed by atoms with Crippen molar-refractivity contribution in [1.29, 1.82) is 0 Å². The minimum atomic E-state index is -0.151. The summed E-state index contributed by atoms with van der Waals surface area (Å²) < 4.78 is 2.97. The van der Waals surface area contributed by atoms with Crippen molar-refractivity contribution in [2.75, 3.05) is 18.1 Å². The molecule has 0 saturated carbocycles. The highest BCUT2D eigenvalue weighted by Crippen LogP contribution is 2.29. The summed E-state index contributed by atoms with van der Waals surface area (Å²) in [6.45, 7) is 1.98. The van der Waals surface area contributed by atoms with Crippen molar-refractivity contribution in [2.45, 2.75) is 18.1 Å². The number of rotatable bonds is 7. The number of aromatic nitrogens is 3. The van der Waals surface area contributed by atoms with Gasteiger partial charge in [0.2, 0.25) is 5.91 Å². The number of carbonyl (C=O) groups is 2. The van der Waals surface area contributed by atoms with Crippen LogP contribution in [0.2, 0.25) is 0 Å². The van der Waals surface area contributed by atoms with Gasteiger partial charge in [-0.05, 0) is 43.3 Å². The quantitative estimate of drug-likeness (QED) is 0.404. The number of para-hydroxylation sites is 1. The molecule has 2 aromatic heterocycles. The maximum atomic E-state index is 13.0. The number of anilines is 1. The molecule has 2 aromatic carbocycles. The Balaban J connectivity index is 1.36. The van der Waals surface area contributed by atoms with E-state index in [2.05, 4.69) is 15.3 Å². The van der Waals surface area contributed by atoms with Crippen LogP contribution in [-0.4, -0.2) is 44.0 Å². The number of imidazole rings is 1. The van der Waals surface area contributed by atoms with E-state index in [4.69, 9.17) is 0 Å². The van der Waals surface area contributed by atoms with Crippen LogP contribution >= 0.6 is 23.1 Å². The van der Waals surface area contributed by atoms with Crippen LogP contribution < -0.4 is 5.32 Å². The lowest BCUT2D eigenvalue weighted by molar-refractivity contribution is -0.113. The minimum Gasteiger partial charge on any atom is -0.333 e. The van der Waals surface area contributed by atoms with E-state index < -0.39 is 0 Å². The summed E-state index contributed by atoms with van der Waals surface area (Å²) in [6.07, 6.45) is 3.54. The number of benzene rings is 2. The van der Waals surface area contributed by atoms with Gasteiger partial charge in [0.15, 0.2) is 5.16 Å². The first-order valence-electron chi connectivity index (χ1n) is 10.0. The molecule has 0 fully saturated rings. The van der Waals surface area contributed by atoms with Crippen molar-refractivity contribution in [2.24, 2.45) is 7.05 Å². The lowest BCUT2D eigenvalue weighted by Gasteiger charge is -2.23. The second kappa shape index (κ2) is 9.54. The molecule has 1 N–H and O–H groups in total. The Kier molecular flexibility index (Phi) is 6.57. The fraction of sp³-hybridized carbons (Fsp3) is 0.217. The van der Waals surface area contributed by atoms with Crippen LogP contribution in [0.5, 0.6) is 0 Å².